The summed E-state index contributed by atoms with van der Waals surface area (Å²) in [6.45, 7) is 6.93. The van der Waals surface area contributed by atoms with Gasteiger partial charge in [-0.25, -0.2) is 0 Å². The zero-order chi connectivity index (χ0) is 11.0. The Labute approximate surface area is 86.0 Å². The molecule has 0 aromatic carbocycles. The standard InChI is InChI=1S/C10H21NO3/c1-5-14-10(12)6-8(2)11-7-9(3)13-4/h8-9,11H,5-7H2,1-4H3. The van der Waals surface area contributed by atoms with Gasteiger partial charge in [0.1, 0.15) is 0 Å². The van der Waals surface area contributed by atoms with Crippen molar-refractivity contribution in [2.24, 2.45) is 0 Å². The molecule has 0 aromatic heterocycles. The number of hydrogen-bond acceptors (Lipinski definition) is 4. The molecule has 2 unspecified atom stereocenters. The zero-order valence-electron chi connectivity index (χ0n) is 9.50. The Balaban J connectivity index is 3.54. The molecule has 0 aromatic rings. The number of carbonyl (C=O) groups is 1. The summed E-state index contributed by atoms with van der Waals surface area (Å²) in [4.78, 5) is 11.1. The van der Waals surface area contributed by atoms with Gasteiger partial charge in [0, 0.05) is 19.7 Å². The Morgan fingerprint density at radius 2 is 2.07 bits per heavy atom. The number of ether oxygens (including phenoxy) is 2. The highest BCUT2D eigenvalue weighted by Crippen LogP contribution is 1.95. The van der Waals surface area contributed by atoms with Crippen LogP contribution in [0.3, 0.4) is 0 Å². The largest absolute Gasteiger partial charge is 0.466 e. The van der Waals surface area contributed by atoms with Crippen molar-refractivity contribution in [3.05, 3.63) is 0 Å². The van der Waals surface area contributed by atoms with Crippen LogP contribution in [-0.2, 0) is 14.3 Å². The van der Waals surface area contributed by atoms with Gasteiger partial charge in [0.15, 0.2) is 0 Å². The zero-order valence-corrected chi connectivity index (χ0v) is 9.50. The highest BCUT2D eigenvalue weighted by atomic mass is 16.5. The monoisotopic (exact) mass is 203 g/mol. The van der Waals surface area contributed by atoms with Gasteiger partial charge in [0.2, 0.25) is 0 Å². The second-order valence-corrected chi connectivity index (χ2v) is 3.36. The lowest BCUT2D eigenvalue weighted by atomic mass is 10.2. The van der Waals surface area contributed by atoms with Crippen LogP contribution >= 0.6 is 0 Å². The van der Waals surface area contributed by atoms with E-state index in [9.17, 15) is 4.79 Å². The Morgan fingerprint density at radius 3 is 2.57 bits per heavy atom. The van der Waals surface area contributed by atoms with Gasteiger partial charge < -0.3 is 14.8 Å². The number of hydrogen-bond donors (Lipinski definition) is 1. The Hall–Kier alpha value is -0.610. The van der Waals surface area contributed by atoms with E-state index in [2.05, 4.69) is 5.32 Å². The van der Waals surface area contributed by atoms with Crippen LogP contribution in [-0.4, -0.2) is 38.4 Å². The van der Waals surface area contributed by atoms with Gasteiger partial charge >= 0.3 is 5.97 Å². The lowest BCUT2D eigenvalue weighted by Crippen LogP contribution is -2.35. The Bertz CT molecular complexity index is 161. The summed E-state index contributed by atoms with van der Waals surface area (Å²) in [5.74, 6) is -0.155. The summed E-state index contributed by atoms with van der Waals surface area (Å²) in [6, 6.07) is 0.131. The first-order chi connectivity index (χ1) is 6.60. The number of rotatable bonds is 7. The van der Waals surface area contributed by atoms with Crippen LogP contribution in [0.2, 0.25) is 0 Å². The highest BCUT2D eigenvalue weighted by Gasteiger charge is 2.10. The van der Waals surface area contributed by atoms with Crippen molar-refractivity contribution in [1.82, 2.24) is 5.32 Å². The first-order valence-electron chi connectivity index (χ1n) is 5.01. The van der Waals surface area contributed by atoms with E-state index < -0.39 is 0 Å². The van der Waals surface area contributed by atoms with E-state index >= 15 is 0 Å². The lowest BCUT2D eigenvalue weighted by molar-refractivity contribution is -0.143. The first-order valence-corrected chi connectivity index (χ1v) is 5.01. The fourth-order valence-electron chi connectivity index (χ4n) is 0.993. The molecule has 0 heterocycles. The summed E-state index contributed by atoms with van der Waals surface area (Å²) < 4.78 is 9.91. The first kappa shape index (κ1) is 13.4. The molecule has 14 heavy (non-hydrogen) atoms. The van der Waals surface area contributed by atoms with Crippen LogP contribution < -0.4 is 5.32 Å². The third-order valence-electron chi connectivity index (χ3n) is 1.93. The minimum Gasteiger partial charge on any atom is -0.466 e. The molecule has 0 aliphatic rings. The molecule has 0 amide bonds. The summed E-state index contributed by atoms with van der Waals surface area (Å²) >= 11 is 0. The molecule has 0 spiro atoms. The fraction of sp³-hybridized carbons (Fsp3) is 0.900. The van der Waals surface area contributed by atoms with Crippen molar-refractivity contribution in [3.8, 4) is 0 Å². The van der Waals surface area contributed by atoms with Crippen LogP contribution in [0.4, 0.5) is 0 Å². The lowest BCUT2D eigenvalue weighted by Gasteiger charge is -2.16. The molecule has 84 valence electrons. The maximum absolute atomic E-state index is 11.1. The summed E-state index contributed by atoms with van der Waals surface area (Å²) in [7, 11) is 1.67. The van der Waals surface area contributed by atoms with Gasteiger partial charge in [0.05, 0.1) is 19.1 Å². The van der Waals surface area contributed by atoms with E-state index in [1.54, 1.807) is 7.11 Å². The van der Waals surface area contributed by atoms with Crippen LogP contribution in [0.25, 0.3) is 0 Å². The van der Waals surface area contributed by atoms with E-state index in [1.165, 1.54) is 0 Å². The molecule has 0 rings (SSSR count). The van der Waals surface area contributed by atoms with E-state index in [1.807, 2.05) is 20.8 Å². The third kappa shape index (κ3) is 6.86. The van der Waals surface area contributed by atoms with Gasteiger partial charge in [-0.3, -0.25) is 4.79 Å². The SMILES string of the molecule is CCOC(=O)CC(C)NCC(C)OC. The summed E-state index contributed by atoms with van der Waals surface area (Å²) in [5, 5.41) is 3.20. The van der Waals surface area contributed by atoms with Gasteiger partial charge in [-0.15, -0.1) is 0 Å². The van der Waals surface area contributed by atoms with E-state index in [0.29, 0.717) is 13.0 Å². The topological polar surface area (TPSA) is 47.6 Å². The van der Waals surface area contributed by atoms with E-state index in [4.69, 9.17) is 9.47 Å². The minimum absolute atomic E-state index is 0.131. The average molecular weight is 203 g/mol. The van der Waals surface area contributed by atoms with Crippen LogP contribution in [0, 0.1) is 0 Å². The molecule has 0 bridgehead atoms. The number of carbonyl (C=O) groups excluding carboxylic acids is 1. The molecular weight excluding hydrogens is 182 g/mol. The average Bonchev–Trinajstić information content (AvgIpc) is 2.14. The Morgan fingerprint density at radius 1 is 1.43 bits per heavy atom. The number of nitrogens with one attached hydrogen (secondary N) is 1. The Kier molecular flexibility index (Phi) is 7.42. The molecule has 0 radical (unpaired) electrons. The van der Waals surface area contributed by atoms with Crippen molar-refractivity contribution in [3.63, 3.8) is 0 Å². The predicted molar refractivity (Wildman–Crippen MR) is 55.2 cm³/mol. The van der Waals surface area contributed by atoms with Crippen LogP contribution in [0.1, 0.15) is 27.2 Å². The van der Waals surface area contributed by atoms with Crippen LogP contribution in [0.15, 0.2) is 0 Å². The molecule has 2 atom stereocenters. The summed E-state index contributed by atoms with van der Waals surface area (Å²) in [6.07, 6.45) is 0.573. The molecule has 4 heteroatoms. The van der Waals surface area contributed by atoms with Crippen molar-refractivity contribution in [1.29, 1.82) is 0 Å². The van der Waals surface area contributed by atoms with Crippen molar-refractivity contribution < 1.29 is 14.3 Å². The van der Waals surface area contributed by atoms with Gasteiger partial charge in [-0.1, -0.05) is 0 Å². The van der Waals surface area contributed by atoms with E-state index in [0.717, 1.165) is 6.54 Å². The smallest absolute Gasteiger partial charge is 0.307 e. The number of methoxy groups -OCH3 is 1. The molecule has 0 aliphatic heterocycles. The molecular formula is C10H21NO3. The van der Waals surface area contributed by atoms with Crippen LogP contribution in [0.5, 0.6) is 0 Å². The van der Waals surface area contributed by atoms with Gasteiger partial charge in [-0.2, -0.15) is 0 Å². The van der Waals surface area contributed by atoms with Crippen molar-refractivity contribution in [2.45, 2.75) is 39.3 Å². The molecule has 0 saturated heterocycles. The van der Waals surface area contributed by atoms with Crippen molar-refractivity contribution >= 4 is 5.97 Å². The minimum atomic E-state index is -0.155. The van der Waals surface area contributed by atoms with Gasteiger partial charge in [0.25, 0.3) is 0 Å². The van der Waals surface area contributed by atoms with Gasteiger partial charge in [-0.05, 0) is 20.8 Å². The molecule has 0 aliphatic carbocycles. The highest BCUT2D eigenvalue weighted by molar-refractivity contribution is 5.69. The fourth-order valence-corrected chi connectivity index (χ4v) is 0.993. The second kappa shape index (κ2) is 7.76. The van der Waals surface area contributed by atoms with E-state index in [-0.39, 0.29) is 18.1 Å². The quantitative estimate of drug-likeness (QED) is 0.626. The molecule has 4 nitrogen and oxygen atoms in total. The molecule has 0 fully saturated rings. The third-order valence-corrected chi connectivity index (χ3v) is 1.93. The normalized spacial score (nSPS) is 14.9. The summed E-state index contributed by atoms with van der Waals surface area (Å²) in [5.41, 5.74) is 0. The maximum Gasteiger partial charge on any atom is 0.307 e. The molecule has 1 N–H and O–H groups in total. The second-order valence-electron chi connectivity index (χ2n) is 3.36. The molecule has 0 saturated carbocycles. The predicted octanol–water partition coefficient (Wildman–Crippen LogP) is 0.953. The van der Waals surface area contributed by atoms with Crippen molar-refractivity contribution in [2.75, 3.05) is 20.3 Å². The maximum atomic E-state index is 11.1. The number of esters is 1.